The highest BCUT2D eigenvalue weighted by atomic mass is 16.3. The number of aromatic nitrogens is 3. The predicted octanol–water partition coefficient (Wildman–Crippen LogP) is 1.69. The van der Waals surface area contributed by atoms with E-state index in [1.54, 1.807) is 0 Å². The van der Waals surface area contributed by atoms with Crippen molar-refractivity contribution in [3.8, 4) is 0 Å². The second kappa shape index (κ2) is 4.85. The molecular formula is C15H17N3O2. The minimum Gasteiger partial charge on any atom is -0.395 e. The van der Waals surface area contributed by atoms with E-state index in [9.17, 15) is 10.2 Å². The van der Waals surface area contributed by atoms with Gasteiger partial charge in [0.1, 0.15) is 17.9 Å². The van der Waals surface area contributed by atoms with Crippen molar-refractivity contribution in [2.24, 2.45) is 0 Å². The zero-order valence-corrected chi connectivity index (χ0v) is 11.6. The van der Waals surface area contributed by atoms with Crippen LogP contribution in [-0.2, 0) is 13.2 Å². The zero-order chi connectivity index (χ0) is 14.3. The molecule has 0 saturated heterocycles. The van der Waals surface area contributed by atoms with Crippen molar-refractivity contribution in [3.63, 3.8) is 0 Å². The first kappa shape index (κ1) is 13.0. The van der Waals surface area contributed by atoms with Crippen LogP contribution in [0.3, 0.4) is 0 Å². The number of fused-ring (bicyclic) bond motifs is 3. The molecule has 0 aliphatic heterocycles. The third-order valence-electron chi connectivity index (χ3n) is 3.63. The Balaban J connectivity index is 2.54. The van der Waals surface area contributed by atoms with Crippen molar-refractivity contribution in [3.05, 3.63) is 35.3 Å². The normalized spacial score (nSPS) is 11.6. The molecule has 1 aromatic carbocycles. The van der Waals surface area contributed by atoms with Crippen LogP contribution < -0.4 is 0 Å². The molecule has 2 aromatic heterocycles. The summed E-state index contributed by atoms with van der Waals surface area (Å²) in [6.45, 7) is 4.23. The monoisotopic (exact) mass is 271 g/mol. The molecule has 0 bridgehead atoms. The lowest BCUT2D eigenvalue weighted by Gasteiger charge is -2.10. The summed E-state index contributed by atoms with van der Waals surface area (Å²) in [6, 6.07) is 5.99. The van der Waals surface area contributed by atoms with Gasteiger partial charge in [0.25, 0.3) is 0 Å². The summed E-state index contributed by atoms with van der Waals surface area (Å²) in [5.74, 6) is 0.565. The number of imidazole rings is 1. The number of hydrogen-bond donors (Lipinski definition) is 2. The summed E-state index contributed by atoms with van der Waals surface area (Å²) in [6.07, 6.45) is 0. The molecule has 5 nitrogen and oxygen atoms in total. The van der Waals surface area contributed by atoms with Crippen molar-refractivity contribution in [2.45, 2.75) is 27.0 Å². The number of benzene rings is 1. The lowest BCUT2D eigenvalue weighted by molar-refractivity contribution is 0.249. The highest BCUT2D eigenvalue weighted by molar-refractivity contribution is 6.05. The number of aliphatic hydroxyl groups excluding tert-OH is 2. The van der Waals surface area contributed by atoms with Gasteiger partial charge in [0.15, 0.2) is 0 Å². The zero-order valence-electron chi connectivity index (χ0n) is 11.6. The Morgan fingerprint density at radius 2 is 1.95 bits per heavy atom. The first-order valence-corrected chi connectivity index (χ1v) is 6.64. The molecule has 5 heteroatoms. The highest BCUT2D eigenvalue weighted by Gasteiger charge is 2.16. The Morgan fingerprint density at radius 3 is 2.65 bits per heavy atom. The third kappa shape index (κ3) is 1.78. The average molecular weight is 271 g/mol. The van der Waals surface area contributed by atoms with Crippen molar-refractivity contribution < 1.29 is 10.2 Å². The summed E-state index contributed by atoms with van der Waals surface area (Å²) < 4.78 is 1.89. The largest absolute Gasteiger partial charge is 0.395 e. The molecule has 2 heterocycles. The van der Waals surface area contributed by atoms with Crippen LogP contribution in [0.2, 0.25) is 0 Å². The molecule has 3 aromatic rings. The van der Waals surface area contributed by atoms with E-state index < -0.39 is 0 Å². The maximum atomic E-state index is 9.49. The van der Waals surface area contributed by atoms with E-state index in [0.717, 1.165) is 33.2 Å². The van der Waals surface area contributed by atoms with Crippen molar-refractivity contribution >= 4 is 21.9 Å². The Bertz CT molecular complexity index is 793. The molecule has 0 aliphatic rings. The summed E-state index contributed by atoms with van der Waals surface area (Å²) in [4.78, 5) is 9.07. The van der Waals surface area contributed by atoms with E-state index in [2.05, 4.69) is 9.97 Å². The van der Waals surface area contributed by atoms with Crippen molar-refractivity contribution in [1.82, 2.24) is 14.5 Å². The predicted molar refractivity (Wildman–Crippen MR) is 77.5 cm³/mol. The summed E-state index contributed by atoms with van der Waals surface area (Å²) in [5, 5.41) is 19.8. The number of rotatable bonds is 3. The lowest BCUT2D eigenvalue weighted by atomic mass is 10.1. The second-order valence-corrected chi connectivity index (χ2v) is 4.92. The molecule has 0 unspecified atom stereocenters. The molecule has 0 aliphatic carbocycles. The number of aliphatic hydroxyl groups is 2. The molecule has 2 N–H and O–H groups in total. The van der Waals surface area contributed by atoms with E-state index in [0.29, 0.717) is 12.4 Å². The minimum atomic E-state index is -0.151. The molecule has 0 spiro atoms. The molecular weight excluding hydrogens is 254 g/mol. The van der Waals surface area contributed by atoms with Gasteiger partial charge < -0.3 is 14.8 Å². The quantitative estimate of drug-likeness (QED) is 0.760. The number of hydrogen-bond acceptors (Lipinski definition) is 4. The molecule has 104 valence electrons. The van der Waals surface area contributed by atoms with Gasteiger partial charge >= 0.3 is 0 Å². The maximum Gasteiger partial charge on any atom is 0.135 e. The number of nitrogens with zero attached hydrogens (tertiary/aromatic N) is 3. The molecule has 20 heavy (non-hydrogen) atoms. The lowest BCUT2D eigenvalue weighted by Crippen LogP contribution is -2.07. The van der Waals surface area contributed by atoms with Gasteiger partial charge in [-0.25, -0.2) is 4.98 Å². The van der Waals surface area contributed by atoms with Gasteiger partial charge in [0, 0.05) is 11.9 Å². The van der Waals surface area contributed by atoms with E-state index in [1.807, 2.05) is 36.6 Å². The fourth-order valence-electron chi connectivity index (χ4n) is 2.75. The Morgan fingerprint density at radius 1 is 1.15 bits per heavy atom. The maximum absolute atomic E-state index is 9.49. The topological polar surface area (TPSA) is 71.2 Å². The van der Waals surface area contributed by atoms with Crippen molar-refractivity contribution in [1.29, 1.82) is 0 Å². The summed E-state index contributed by atoms with van der Waals surface area (Å²) >= 11 is 0. The summed E-state index contributed by atoms with van der Waals surface area (Å²) in [5.41, 5.74) is 4.61. The molecule has 0 radical (unpaired) electrons. The Kier molecular flexibility index (Phi) is 3.16. The SMILES string of the molecule is Cc1nc2cccc(C)c2c2c1nc(CO)n2CCO. The van der Waals surface area contributed by atoms with E-state index in [-0.39, 0.29) is 13.2 Å². The van der Waals surface area contributed by atoms with E-state index >= 15 is 0 Å². The molecule has 0 fully saturated rings. The Hall–Kier alpha value is -1.98. The van der Waals surface area contributed by atoms with Crippen LogP contribution in [0.25, 0.3) is 21.9 Å². The van der Waals surface area contributed by atoms with Crippen LogP contribution in [-0.4, -0.2) is 31.4 Å². The minimum absolute atomic E-state index is 0.00715. The highest BCUT2D eigenvalue weighted by Crippen LogP contribution is 2.29. The number of aryl methyl sites for hydroxylation is 2. The van der Waals surface area contributed by atoms with Gasteiger partial charge in [-0.1, -0.05) is 12.1 Å². The van der Waals surface area contributed by atoms with Crippen molar-refractivity contribution in [2.75, 3.05) is 6.61 Å². The van der Waals surface area contributed by atoms with Crippen LogP contribution >= 0.6 is 0 Å². The fourth-order valence-corrected chi connectivity index (χ4v) is 2.75. The Labute approximate surface area is 116 Å². The van der Waals surface area contributed by atoms with E-state index in [4.69, 9.17) is 0 Å². The molecule has 0 atom stereocenters. The first-order chi connectivity index (χ1) is 9.67. The van der Waals surface area contributed by atoms with Gasteiger partial charge in [-0.2, -0.15) is 0 Å². The van der Waals surface area contributed by atoms with Crippen LogP contribution in [0.4, 0.5) is 0 Å². The van der Waals surface area contributed by atoms with Gasteiger partial charge in [-0.15, -0.1) is 0 Å². The van der Waals surface area contributed by atoms with Gasteiger partial charge in [-0.3, -0.25) is 4.98 Å². The van der Waals surface area contributed by atoms with Crippen LogP contribution in [0.15, 0.2) is 18.2 Å². The van der Waals surface area contributed by atoms with Gasteiger partial charge in [-0.05, 0) is 25.5 Å². The molecule has 3 rings (SSSR count). The third-order valence-corrected chi connectivity index (χ3v) is 3.63. The number of pyridine rings is 1. The smallest absolute Gasteiger partial charge is 0.135 e. The van der Waals surface area contributed by atoms with Crippen LogP contribution in [0.5, 0.6) is 0 Å². The fraction of sp³-hybridized carbons (Fsp3) is 0.333. The second-order valence-electron chi connectivity index (χ2n) is 4.92. The standard InChI is InChI=1S/C15H17N3O2/c1-9-4-3-5-11-13(9)15-14(10(2)16-11)17-12(8-20)18(15)6-7-19/h3-5,19-20H,6-8H2,1-2H3. The molecule has 0 saturated carbocycles. The average Bonchev–Trinajstić information content (AvgIpc) is 2.79. The first-order valence-electron chi connectivity index (χ1n) is 6.64. The van der Waals surface area contributed by atoms with Crippen LogP contribution in [0.1, 0.15) is 17.1 Å². The van der Waals surface area contributed by atoms with Gasteiger partial charge in [0.2, 0.25) is 0 Å². The van der Waals surface area contributed by atoms with Crippen LogP contribution in [0, 0.1) is 13.8 Å². The summed E-state index contributed by atoms with van der Waals surface area (Å²) in [7, 11) is 0. The van der Waals surface area contributed by atoms with E-state index in [1.165, 1.54) is 0 Å². The van der Waals surface area contributed by atoms with Gasteiger partial charge in [0.05, 0.1) is 23.3 Å². The molecule has 0 amide bonds.